The third kappa shape index (κ3) is 9.94. The number of ether oxygens (including phenoxy) is 2. The molecule has 2 bridgehead atoms. The number of benzene rings is 1. The Bertz CT molecular complexity index is 1210. The zero-order valence-electron chi connectivity index (χ0n) is 31.1. The van der Waals surface area contributed by atoms with Crippen LogP contribution in [-0.2, 0) is 31.0 Å². The molecular formula is C37H60CaNO7P. The van der Waals surface area contributed by atoms with E-state index in [0.29, 0.717) is 37.0 Å². The van der Waals surface area contributed by atoms with E-state index in [4.69, 9.17) is 9.47 Å². The van der Waals surface area contributed by atoms with Crippen LogP contribution in [0.1, 0.15) is 131 Å². The summed E-state index contributed by atoms with van der Waals surface area (Å²) in [6, 6.07) is 3.83. The molecule has 1 aliphatic heterocycles. The first kappa shape index (κ1) is 40.7. The molecule has 8 nitrogen and oxygen atoms in total. The van der Waals surface area contributed by atoms with Crippen LogP contribution in [0, 0.1) is 17.8 Å². The molecular weight excluding hydrogens is 641 g/mol. The number of amides is 1. The van der Waals surface area contributed by atoms with Crippen LogP contribution in [0.3, 0.4) is 0 Å². The van der Waals surface area contributed by atoms with Crippen molar-refractivity contribution in [2.24, 2.45) is 17.8 Å². The first-order valence-electron chi connectivity index (χ1n) is 17.9. The van der Waals surface area contributed by atoms with E-state index in [0.717, 1.165) is 77.0 Å². The molecule has 10 heteroatoms. The van der Waals surface area contributed by atoms with Gasteiger partial charge in [-0.1, -0.05) is 45.3 Å². The average Bonchev–Trinajstić information content (AvgIpc) is 3.39. The minimum atomic E-state index is -1.02. The number of aliphatic hydroxyl groups excluding tert-OH is 1. The summed E-state index contributed by atoms with van der Waals surface area (Å²) in [4.78, 5) is 35.8. The van der Waals surface area contributed by atoms with Crippen LogP contribution in [0.15, 0.2) is 12.1 Å². The largest absolute Gasteiger partial charge is 2.00 e. The van der Waals surface area contributed by atoms with E-state index < -0.39 is 6.29 Å². The van der Waals surface area contributed by atoms with Crippen molar-refractivity contribution in [2.75, 3.05) is 13.2 Å². The molecule has 4 aliphatic rings. The van der Waals surface area contributed by atoms with E-state index in [1.807, 2.05) is 13.6 Å². The molecule has 1 heterocycles. The summed E-state index contributed by atoms with van der Waals surface area (Å²) in [5.74, 6) is 2.52. The van der Waals surface area contributed by atoms with Crippen LogP contribution < -0.4 is 10.1 Å². The standard InChI is InChI=1S/C36H53NO7.CH5P.Ca.2H/c1-23(24(2)38)10-7-8-21-37-31(41)13-6-4-3-5-12-27(39)15-19-32(42)43-30-18-16-28-25-11-9-20-36(28)33-26(22-25)14-17-29(40)34(33)44-35(30)36;1-2;;;/h14,17,23,25,28,30,32,35,40,42H,3-13,15-16,18-22H2,1-2H3,(H,37,41);2H2,1H3;;;/q;;+2;2*-1. The van der Waals surface area contributed by atoms with Crippen LogP contribution in [-0.4, -0.2) is 97.1 Å². The summed E-state index contributed by atoms with van der Waals surface area (Å²) < 4.78 is 12.7. The summed E-state index contributed by atoms with van der Waals surface area (Å²) in [6.07, 6.45) is 12.5. The number of aromatic hydroxyl groups is 1. The maximum Gasteiger partial charge on any atom is 2.00 e. The van der Waals surface area contributed by atoms with Gasteiger partial charge >= 0.3 is 37.7 Å². The maximum absolute atomic E-state index is 12.5. The molecule has 1 spiro atoms. The van der Waals surface area contributed by atoms with E-state index in [-0.39, 0.29) is 100 Å². The number of hydrogen-bond acceptors (Lipinski definition) is 7. The fourth-order valence-corrected chi connectivity index (χ4v) is 8.71. The van der Waals surface area contributed by atoms with Gasteiger partial charge in [-0.25, -0.2) is 0 Å². The smallest absolute Gasteiger partial charge is 1.00 e. The molecule has 0 aromatic heterocycles. The SMILES string of the molecule is CC(=O)C(C)CCCCNC(=O)CCCCCCC(=O)CCC(O)OC1CCC2C3CCCC24c2c(ccc(O)c2OC14)C3.CP.[Ca+2].[H-].[H-]. The fourth-order valence-electron chi connectivity index (χ4n) is 8.71. The average molecular weight is 702 g/mol. The van der Waals surface area contributed by atoms with Crippen LogP contribution >= 0.6 is 9.24 Å². The van der Waals surface area contributed by atoms with Gasteiger partial charge < -0.3 is 27.9 Å². The number of phenols is 1. The predicted molar refractivity (Wildman–Crippen MR) is 191 cm³/mol. The van der Waals surface area contributed by atoms with E-state index >= 15 is 0 Å². The second-order valence-electron chi connectivity index (χ2n) is 14.0. The molecule has 8 atom stereocenters. The zero-order chi connectivity index (χ0) is 33.3. The summed E-state index contributed by atoms with van der Waals surface area (Å²) in [7, 11) is 2.42. The van der Waals surface area contributed by atoms with Crippen molar-refractivity contribution < 1.29 is 36.9 Å². The van der Waals surface area contributed by atoms with Crippen molar-refractivity contribution in [3.63, 3.8) is 0 Å². The van der Waals surface area contributed by atoms with Gasteiger partial charge in [0.25, 0.3) is 0 Å². The minimum Gasteiger partial charge on any atom is -1.00 e. The van der Waals surface area contributed by atoms with E-state index in [1.165, 1.54) is 17.5 Å². The Balaban J connectivity index is 0.00000236. The monoisotopic (exact) mass is 701 g/mol. The topological polar surface area (TPSA) is 122 Å². The van der Waals surface area contributed by atoms with Gasteiger partial charge in [-0.15, -0.1) is 9.24 Å². The number of carbonyl (C=O) groups excluding carboxylic acids is 3. The maximum atomic E-state index is 12.5. The second-order valence-corrected chi connectivity index (χ2v) is 14.0. The van der Waals surface area contributed by atoms with E-state index in [1.54, 1.807) is 13.0 Å². The Morgan fingerprint density at radius 2 is 1.79 bits per heavy atom. The van der Waals surface area contributed by atoms with Gasteiger partial charge in [0.05, 0.1) is 6.10 Å². The van der Waals surface area contributed by atoms with Gasteiger partial charge in [-0.2, -0.15) is 0 Å². The van der Waals surface area contributed by atoms with E-state index in [2.05, 4.69) is 20.6 Å². The molecule has 0 saturated heterocycles. The van der Waals surface area contributed by atoms with Gasteiger partial charge in [0.2, 0.25) is 5.91 Å². The number of unbranched alkanes of at least 4 members (excludes halogenated alkanes) is 4. The number of phenolic OH excluding ortho intramolecular Hbond substituents is 1. The fraction of sp³-hybridized carbons (Fsp3) is 0.757. The summed E-state index contributed by atoms with van der Waals surface area (Å²) >= 11 is 0. The second kappa shape index (κ2) is 19.6. The molecule has 3 aliphatic carbocycles. The quantitative estimate of drug-likeness (QED) is 0.0701. The molecule has 8 unspecified atom stereocenters. The first-order valence-corrected chi connectivity index (χ1v) is 19.1. The molecule has 0 radical (unpaired) electrons. The third-order valence-electron chi connectivity index (χ3n) is 11.1. The Kier molecular flexibility index (Phi) is 16.9. The predicted octanol–water partition coefficient (Wildman–Crippen LogP) is 6.40. The number of nitrogens with one attached hydrogen (secondary N) is 1. The molecule has 1 amide bonds. The number of hydrogen-bond donors (Lipinski definition) is 3. The summed E-state index contributed by atoms with van der Waals surface area (Å²) in [6.45, 7) is 6.14. The van der Waals surface area contributed by atoms with Crippen molar-refractivity contribution in [2.45, 2.75) is 147 Å². The molecule has 3 N–H and O–H groups in total. The van der Waals surface area contributed by atoms with Crippen LogP contribution in [0.2, 0.25) is 0 Å². The number of Topliss-reactive ketones (excluding diaryl/α,β-unsaturated/α-hetero) is 2. The summed E-state index contributed by atoms with van der Waals surface area (Å²) in [5.41, 5.74) is 2.37. The molecule has 1 aromatic rings. The van der Waals surface area contributed by atoms with Gasteiger partial charge in [0.1, 0.15) is 17.7 Å². The van der Waals surface area contributed by atoms with Crippen molar-refractivity contribution in [3.8, 4) is 11.5 Å². The van der Waals surface area contributed by atoms with Gasteiger partial charge in [-0.3, -0.25) is 14.4 Å². The van der Waals surface area contributed by atoms with E-state index in [9.17, 15) is 24.6 Å². The number of carbonyl (C=O) groups is 3. The van der Waals surface area contributed by atoms with Crippen LogP contribution in [0.5, 0.6) is 11.5 Å². The minimum absolute atomic E-state index is 0. The van der Waals surface area contributed by atoms with Crippen molar-refractivity contribution in [3.05, 3.63) is 23.3 Å². The molecule has 2 saturated carbocycles. The number of rotatable bonds is 18. The Morgan fingerprint density at radius 1 is 1.04 bits per heavy atom. The van der Waals surface area contributed by atoms with Crippen molar-refractivity contribution in [1.82, 2.24) is 5.32 Å². The summed E-state index contributed by atoms with van der Waals surface area (Å²) in [5, 5.41) is 24.4. The molecule has 2 fully saturated rings. The normalized spacial score (nSPS) is 26.0. The molecule has 1 aromatic carbocycles. The molecule has 262 valence electrons. The van der Waals surface area contributed by atoms with Crippen LogP contribution in [0.4, 0.5) is 0 Å². The third-order valence-corrected chi connectivity index (χ3v) is 11.1. The van der Waals surface area contributed by atoms with Gasteiger partial charge in [-0.05, 0) is 88.2 Å². The van der Waals surface area contributed by atoms with Crippen LogP contribution in [0.25, 0.3) is 0 Å². The van der Waals surface area contributed by atoms with Gasteiger partial charge in [0, 0.05) is 49.1 Å². The van der Waals surface area contributed by atoms with Crippen molar-refractivity contribution >= 4 is 64.5 Å². The zero-order valence-corrected chi connectivity index (χ0v) is 32.4. The Morgan fingerprint density at radius 3 is 2.53 bits per heavy atom. The Labute approximate surface area is 317 Å². The molecule has 5 rings (SSSR count). The first-order chi connectivity index (χ1) is 22.2. The molecule has 47 heavy (non-hydrogen) atoms. The number of aliphatic hydroxyl groups is 1. The van der Waals surface area contributed by atoms with Crippen molar-refractivity contribution in [1.29, 1.82) is 0 Å². The Hall–Kier alpha value is -0.760. The van der Waals surface area contributed by atoms with Gasteiger partial charge in [0.15, 0.2) is 17.8 Å². The number of ketones is 2.